The van der Waals surface area contributed by atoms with Gasteiger partial charge in [0.2, 0.25) is 0 Å². The lowest BCUT2D eigenvalue weighted by atomic mass is 9.92. The molecular formula is C12H17ClN2. The van der Waals surface area contributed by atoms with Crippen molar-refractivity contribution >= 4 is 11.6 Å². The van der Waals surface area contributed by atoms with Gasteiger partial charge < -0.3 is 4.90 Å². The quantitative estimate of drug-likeness (QED) is 0.718. The van der Waals surface area contributed by atoms with Crippen LogP contribution in [0.2, 0.25) is 5.15 Å². The summed E-state index contributed by atoms with van der Waals surface area (Å²) in [6, 6.07) is 4.05. The van der Waals surface area contributed by atoms with Crippen molar-refractivity contribution in [2.24, 2.45) is 5.92 Å². The topological polar surface area (TPSA) is 16.1 Å². The van der Waals surface area contributed by atoms with Crippen LogP contribution in [0.1, 0.15) is 18.4 Å². The van der Waals surface area contributed by atoms with Gasteiger partial charge in [0, 0.05) is 12.7 Å². The summed E-state index contributed by atoms with van der Waals surface area (Å²) in [4.78, 5) is 6.42. The van der Waals surface area contributed by atoms with E-state index in [1.54, 1.807) is 6.20 Å². The zero-order chi connectivity index (χ0) is 10.7. The van der Waals surface area contributed by atoms with Gasteiger partial charge >= 0.3 is 0 Å². The monoisotopic (exact) mass is 224 g/mol. The van der Waals surface area contributed by atoms with Crippen molar-refractivity contribution in [2.45, 2.75) is 19.3 Å². The van der Waals surface area contributed by atoms with E-state index in [1.807, 2.05) is 6.07 Å². The fourth-order valence-electron chi connectivity index (χ4n) is 2.34. The molecule has 1 saturated heterocycles. The van der Waals surface area contributed by atoms with E-state index in [1.165, 1.54) is 31.5 Å². The first-order chi connectivity index (χ1) is 7.24. The van der Waals surface area contributed by atoms with Gasteiger partial charge in [-0.05, 0) is 56.5 Å². The van der Waals surface area contributed by atoms with Gasteiger partial charge in [0.15, 0.2) is 0 Å². The van der Waals surface area contributed by atoms with Crippen LogP contribution in [0.3, 0.4) is 0 Å². The molecule has 2 nitrogen and oxygen atoms in total. The van der Waals surface area contributed by atoms with E-state index in [0.29, 0.717) is 5.15 Å². The summed E-state index contributed by atoms with van der Waals surface area (Å²) in [5.41, 5.74) is 1.32. The van der Waals surface area contributed by atoms with Crippen molar-refractivity contribution in [2.75, 3.05) is 20.1 Å². The largest absolute Gasteiger partial charge is 0.306 e. The van der Waals surface area contributed by atoms with Crippen LogP contribution in [0.15, 0.2) is 18.3 Å². The Morgan fingerprint density at radius 2 is 2.47 bits per heavy atom. The van der Waals surface area contributed by atoms with Crippen LogP contribution >= 0.6 is 11.6 Å². The summed E-state index contributed by atoms with van der Waals surface area (Å²) < 4.78 is 0. The molecule has 1 aromatic heterocycles. The van der Waals surface area contributed by atoms with Crippen LogP contribution in [-0.4, -0.2) is 30.0 Å². The number of hydrogen-bond donors (Lipinski definition) is 0. The first-order valence-electron chi connectivity index (χ1n) is 5.53. The van der Waals surface area contributed by atoms with Crippen LogP contribution in [0, 0.1) is 5.92 Å². The Kier molecular flexibility index (Phi) is 3.60. The van der Waals surface area contributed by atoms with Crippen molar-refractivity contribution < 1.29 is 0 Å². The summed E-state index contributed by atoms with van der Waals surface area (Å²) in [5.74, 6) is 0.780. The Hall–Kier alpha value is -0.600. The number of hydrogen-bond acceptors (Lipinski definition) is 2. The summed E-state index contributed by atoms with van der Waals surface area (Å²) in [6.45, 7) is 2.45. The molecule has 0 amide bonds. The molecule has 2 rings (SSSR count). The highest BCUT2D eigenvalue weighted by Gasteiger charge is 2.17. The van der Waals surface area contributed by atoms with E-state index in [4.69, 9.17) is 11.6 Å². The van der Waals surface area contributed by atoms with Crippen LogP contribution in [0.25, 0.3) is 0 Å². The van der Waals surface area contributed by atoms with Crippen LogP contribution in [-0.2, 0) is 6.42 Å². The molecule has 3 heteroatoms. The Morgan fingerprint density at radius 3 is 3.20 bits per heavy atom. The van der Waals surface area contributed by atoms with Gasteiger partial charge in [-0.2, -0.15) is 0 Å². The van der Waals surface area contributed by atoms with Crippen LogP contribution in [0.4, 0.5) is 0 Å². The van der Waals surface area contributed by atoms with E-state index in [2.05, 4.69) is 23.0 Å². The number of halogens is 1. The highest BCUT2D eigenvalue weighted by Crippen LogP contribution is 2.20. The number of nitrogens with zero attached hydrogens (tertiary/aromatic N) is 2. The van der Waals surface area contributed by atoms with E-state index >= 15 is 0 Å². The summed E-state index contributed by atoms with van der Waals surface area (Å²) >= 11 is 5.87. The number of pyridine rings is 1. The van der Waals surface area contributed by atoms with Crippen molar-refractivity contribution in [3.63, 3.8) is 0 Å². The smallest absolute Gasteiger partial charge is 0.129 e. The van der Waals surface area contributed by atoms with Gasteiger partial charge in [0.1, 0.15) is 5.15 Å². The van der Waals surface area contributed by atoms with Crippen molar-refractivity contribution in [1.82, 2.24) is 9.88 Å². The molecular weight excluding hydrogens is 208 g/mol. The molecule has 1 aliphatic heterocycles. The van der Waals surface area contributed by atoms with Gasteiger partial charge in [-0.25, -0.2) is 4.98 Å². The van der Waals surface area contributed by atoms with Gasteiger partial charge in [0.25, 0.3) is 0 Å². The molecule has 1 aliphatic rings. The number of rotatable bonds is 2. The highest BCUT2D eigenvalue weighted by molar-refractivity contribution is 6.29. The highest BCUT2D eigenvalue weighted by atomic mass is 35.5. The Balaban J connectivity index is 1.96. The second-order valence-electron chi connectivity index (χ2n) is 4.46. The maximum atomic E-state index is 5.87. The molecule has 0 unspecified atom stereocenters. The molecule has 0 bridgehead atoms. The predicted molar refractivity (Wildman–Crippen MR) is 63.2 cm³/mol. The van der Waals surface area contributed by atoms with Gasteiger partial charge in [-0.3, -0.25) is 0 Å². The molecule has 1 fully saturated rings. The molecule has 1 atom stereocenters. The number of likely N-dealkylation sites (tertiary alicyclic amines) is 1. The van der Waals surface area contributed by atoms with E-state index in [0.717, 1.165) is 12.3 Å². The molecule has 0 saturated carbocycles. The lowest BCUT2D eigenvalue weighted by Crippen LogP contribution is -2.32. The van der Waals surface area contributed by atoms with Crippen molar-refractivity contribution in [1.29, 1.82) is 0 Å². The maximum Gasteiger partial charge on any atom is 0.129 e. The molecule has 0 radical (unpaired) electrons. The summed E-state index contributed by atoms with van der Waals surface area (Å²) in [5, 5.41) is 0.608. The van der Waals surface area contributed by atoms with Crippen molar-refractivity contribution in [3.8, 4) is 0 Å². The third-order valence-corrected chi connectivity index (χ3v) is 3.24. The Labute approximate surface area is 96.3 Å². The second kappa shape index (κ2) is 4.95. The normalized spacial score (nSPS) is 22.9. The fraction of sp³-hybridized carbons (Fsp3) is 0.583. The third-order valence-electron chi connectivity index (χ3n) is 3.04. The Morgan fingerprint density at radius 1 is 1.60 bits per heavy atom. The first-order valence-corrected chi connectivity index (χ1v) is 5.91. The SMILES string of the molecule is CN1CCC[C@H](Cc2ccnc(Cl)c2)C1. The minimum absolute atomic E-state index is 0.608. The van der Waals surface area contributed by atoms with E-state index in [-0.39, 0.29) is 0 Å². The number of aromatic nitrogens is 1. The lowest BCUT2D eigenvalue weighted by molar-refractivity contribution is 0.209. The molecule has 1 aromatic rings. The third kappa shape index (κ3) is 3.18. The van der Waals surface area contributed by atoms with Gasteiger partial charge in [-0.15, -0.1) is 0 Å². The van der Waals surface area contributed by atoms with Crippen LogP contribution < -0.4 is 0 Å². The minimum atomic E-state index is 0.608. The molecule has 0 aliphatic carbocycles. The summed E-state index contributed by atoms with van der Waals surface area (Å²) in [7, 11) is 2.20. The zero-order valence-electron chi connectivity index (χ0n) is 9.12. The standard InChI is InChI=1S/C12H17ClN2/c1-15-6-2-3-11(9-15)7-10-4-5-14-12(13)8-10/h4-5,8,11H,2-3,6-7,9H2,1H3/t11-/m1/s1. The van der Waals surface area contributed by atoms with E-state index in [9.17, 15) is 0 Å². The lowest BCUT2D eigenvalue weighted by Gasteiger charge is -2.29. The number of piperidine rings is 1. The molecule has 15 heavy (non-hydrogen) atoms. The summed E-state index contributed by atoms with van der Waals surface area (Å²) in [6.07, 6.45) is 5.58. The molecule has 82 valence electrons. The van der Waals surface area contributed by atoms with Crippen molar-refractivity contribution in [3.05, 3.63) is 29.0 Å². The fourth-order valence-corrected chi connectivity index (χ4v) is 2.54. The minimum Gasteiger partial charge on any atom is -0.306 e. The molecule has 0 spiro atoms. The average Bonchev–Trinajstić information content (AvgIpc) is 2.17. The second-order valence-corrected chi connectivity index (χ2v) is 4.85. The van der Waals surface area contributed by atoms with Gasteiger partial charge in [0.05, 0.1) is 0 Å². The Bertz CT molecular complexity index is 327. The molecule has 2 heterocycles. The van der Waals surface area contributed by atoms with E-state index < -0.39 is 0 Å². The predicted octanol–water partition coefficient (Wildman–Crippen LogP) is 2.62. The van der Waals surface area contributed by atoms with Gasteiger partial charge in [-0.1, -0.05) is 11.6 Å². The molecule has 0 N–H and O–H groups in total. The molecule has 0 aromatic carbocycles. The maximum absolute atomic E-state index is 5.87. The first kappa shape index (κ1) is 10.9. The average molecular weight is 225 g/mol. The van der Waals surface area contributed by atoms with Crippen LogP contribution in [0.5, 0.6) is 0 Å². The zero-order valence-corrected chi connectivity index (χ0v) is 9.87.